The number of ketones is 1. The molecule has 1 heterocycles. The predicted octanol–water partition coefficient (Wildman–Crippen LogP) is 1.17. The highest BCUT2D eigenvalue weighted by molar-refractivity contribution is 7.88. The van der Waals surface area contributed by atoms with Crippen LogP contribution in [0.2, 0.25) is 0 Å². The lowest BCUT2D eigenvalue weighted by atomic mass is 9.90. The van der Waals surface area contributed by atoms with Crippen molar-refractivity contribution in [1.29, 1.82) is 0 Å². The van der Waals surface area contributed by atoms with Gasteiger partial charge >= 0.3 is 0 Å². The Hall–Kier alpha value is -0.420. The van der Waals surface area contributed by atoms with Gasteiger partial charge < -0.3 is 0 Å². The van der Waals surface area contributed by atoms with Crippen LogP contribution in [0.3, 0.4) is 0 Å². The molecule has 0 aromatic rings. The number of hydrogen-bond acceptors (Lipinski definition) is 3. The second-order valence-electron chi connectivity index (χ2n) is 4.90. The first-order valence-electron chi connectivity index (χ1n) is 5.99. The third kappa shape index (κ3) is 2.30. The van der Waals surface area contributed by atoms with Crippen molar-refractivity contribution in [3.63, 3.8) is 0 Å². The lowest BCUT2D eigenvalue weighted by Gasteiger charge is -2.36. The number of nitrogens with zero attached hydrogens (tertiary/aromatic N) is 1. The molecule has 2 atom stereocenters. The molecule has 0 aromatic carbocycles. The highest BCUT2D eigenvalue weighted by atomic mass is 32.2. The highest BCUT2D eigenvalue weighted by Crippen LogP contribution is 2.33. The summed E-state index contributed by atoms with van der Waals surface area (Å²) in [6.07, 6.45) is 6.51. The quantitative estimate of drug-likeness (QED) is 0.734. The number of piperidine rings is 1. The first-order valence-corrected chi connectivity index (χ1v) is 7.84. The van der Waals surface area contributed by atoms with Gasteiger partial charge in [0.05, 0.1) is 6.26 Å². The zero-order valence-corrected chi connectivity index (χ0v) is 10.5. The molecule has 2 unspecified atom stereocenters. The molecular weight excluding hydrogens is 226 g/mol. The van der Waals surface area contributed by atoms with E-state index in [9.17, 15) is 13.2 Å². The van der Waals surface area contributed by atoms with E-state index in [0.717, 1.165) is 32.1 Å². The van der Waals surface area contributed by atoms with Crippen LogP contribution in [-0.4, -0.2) is 37.3 Å². The molecule has 2 aliphatic rings. The number of rotatable bonds is 2. The summed E-state index contributed by atoms with van der Waals surface area (Å²) in [5.74, 6) is 0.232. The number of hydrogen-bond donors (Lipinski definition) is 0. The molecule has 0 spiro atoms. The summed E-state index contributed by atoms with van der Waals surface area (Å²) in [6.45, 7) is 0.591. The van der Waals surface area contributed by atoms with Gasteiger partial charge in [-0.2, -0.15) is 4.31 Å². The van der Waals surface area contributed by atoms with Crippen LogP contribution in [0.1, 0.15) is 38.5 Å². The Morgan fingerprint density at radius 2 is 1.94 bits per heavy atom. The Morgan fingerprint density at radius 3 is 2.50 bits per heavy atom. The number of Topliss-reactive ketones (excluding diaryl/α,β-unsaturated/α-hetero) is 1. The summed E-state index contributed by atoms with van der Waals surface area (Å²) in [5.41, 5.74) is 0. The van der Waals surface area contributed by atoms with Crippen LogP contribution in [0.25, 0.3) is 0 Å². The summed E-state index contributed by atoms with van der Waals surface area (Å²) in [4.78, 5) is 11.7. The molecule has 0 amide bonds. The Labute approximate surface area is 97.1 Å². The van der Waals surface area contributed by atoms with Crippen LogP contribution < -0.4 is 0 Å². The van der Waals surface area contributed by atoms with Crippen LogP contribution in [0, 0.1) is 5.92 Å². The lowest BCUT2D eigenvalue weighted by molar-refractivity contribution is -0.122. The third-order valence-electron chi connectivity index (χ3n) is 3.74. The molecule has 1 saturated heterocycles. The molecule has 0 aromatic heterocycles. The van der Waals surface area contributed by atoms with Crippen LogP contribution in [-0.2, 0) is 14.8 Å². The minimum atomic E-state index is -3.15. The van der Waals surface area contributed by atoms with Gasteiger partial charge in [0.25, 0.3) is 0 Å². The highest BCUT2D eigenvalue weighted by Gasteiger charge is 2.39. The molecule has 1 aliphatic heterocycles. The van der Waals surface area contributed by atoms with Crippen molar-refractivity contribution in [3.8, 4) is 0 Å². The van der Waals surface area contributed by atoms with Crippen molar-refractivity contribution in [1.82, 2.24) is 4.31 Å². The molecule has 5 heteroatoms. The van der Waals surface area contributed by atoms with Crippen LogP contribution >= 0.6 is 0 Å². The van der Waals surface area contributed by atoms with E-state index >= 15 is 0 Å². The van der Waals surface area contributed by atoms with Gasteiger partial charge in [0.1, 0.15) is 5.78 Å². The average molecular weight is 245 g/mol. The third-order valence-corrected chi connectivity index (χ3v) is 5.05. The monoisotopic (exact) mass is 245 g/mol. The molecule has 1 aliphatic carbocycles. The topological polar surface area (TPSA) is 54.5 Å². The van der Waals surface area contributed by atoms with Crippen molar-refractivity contribution >= 4 is 15.8 Å². The maximum atomic E-state index is 11.7. The second kappa shape index (κ2) is 4.45. The van der Waals surface area contributed by atoms with Gasteiger partial charge in [-0.25, -0.2) is 8.42 Å². The Kier molecular flexibility index (Phi) is 3.35. The van der Waals surface area contributed by atoms with Gasteiger partial charge in [-0.1, -0.05) is 6.42 Å². The summed E-state index contributed by atoms with van der Waals surface area (Å²) in [6, 6.07) is -0.0567. The summed E-state index contributed by atoms with van der Waals surface area (Å²) < 4.78 is 24.9. The maximum absolute atomic E-state index is 11.7. The molecule has 16 heavy (non-hydrogen) atoms. The second-order valence-corrected chi connectivity index (χ2v) is 6.84. The first-order chi connectivity index (χ1) is 7.50. The van der Waals surface area contributed by atoms with E-state index in [-0.39, 0.29) is 17.7 Å². The van der Waals surface area contributed by atoms with Crippen molar-refractivity contribution in [3.05, 3.63) is 0 Å². The van der Waals surface area contributed by atoms with Crippen molar-refractivity contribution in [2.45, 2.75) is 44.6 Å². The van der Waals surface area contributed by atoms with Gasteiger partial charge in [-0.05, 0) is 25.7 Å². The zero-order chi connectivity index (χ0) is 11.8. The molecule has 2 rings (SSSR count). The van der Waals surface area contributed by atoms with E-state index < -0.39 is 10.0 Å². The number of carbonyl (C=O) groups is 1. The Bertz CT molecular complexity index is 377. The predicted molar refractivity (Wildman–Crippen MR) is 61.5 cm³/mol. The van der Waals surface area contributed by atoms with E-state index in [4.69, 9.17) is 0 Å². The van der Waals surface area contributed by atoms with Crippen molar-refractivity contribution in [2.24, 2.45) is 5.92 Å². The molecule has 4 nitrogen and oxygen atoms in total. The molecule has 0 N–H and O–H groups in total. The molecular formula is C11H19NO3S. The Morgan fingerprint density at radius 1 is 1.19 bits per heavy atom. The van der Waals surface area contributed by atoms with Crippen LogP contribution in [0.15, 0.2) is 0 Å². The van der Waals surface area contributed by atoms with Gasteiger partial charge in [0.15, 0.2) is 0 Å². The first kappa shape index (κ1) is 12.0. The largest absolute Gasteiger partial charge is 0.299 e. The molecule has 2 fully saturated rings. The summed E-state index contributed by atoms with van der Waals surface area (Å²) in [5, 5.41) is 0. The number of carbonyl (C=O) groups excluding carboxylic acids is 1. The average Bonchev–Trinajstić information content (AvgIpc) is 2.63. The normalized spacial score (nSPS) is 33.2. The van der Waals surface area contributed by atoms with Crippen molar-refractivity contribution < 1.29 is 13.2 Å². The smallest absolute Gasteiger partial charge is 0.211 e. The van der Waals surface area contributed by atoms with Gasteiger partial charge in [-0.3, -0.25) is 4.79 Å². The summed E-state index contributed by atoms with van der Waals surface area (Å²) in [7, 11) is -3.15. The lowest BCUT2D eigenvalue weighted by Crippen LogP contribution is -2.48. The fourth-order valence-electron chi connectivity index (χ4n) is 2.99. The molecule has 0 bridgehead atoms. The SMILES string of the molecule is CS(=O)(=O)N1CCCCC1C1CCCC1=O. The zero-order valence-electron chi connectivity index (χ0n) is 9.68. The van der Waals surface area contributed by atoms with E-state index in [2.05, 4.69) is 0 Å². The van der Waals surface area contributed by atoms with Crippen molar-refractivity contribution in [2.75, 3.05) is 12.8 Å². The van der Waals surface area contributed by atoms with Gasteiger partial charge in [0.2, 0.25) is 10.0 Å². The number of sulfonamides is 1. The standard InChI is InChI=1S/C11H19NO3S/c1-16(14,15)12-8-3-2-6-10(12)9-5-4-7-11(9)13/h9-10H,2-8H2,1H3. The van der Waals surface area contributed by atoms with Crippen LogP contribution in [0.4, 0.5) is 0 Å². The minimum Gasteiger partial charge on any atom is -0.299 e. The molecule has 92 valence electrons. The van der Waals surface area contributed by atoms with Gasteiger partial charge in [0, 0.05) is 24.9 Å². The summed E-state index contributed by atoms with van der Waals surface area (Å²) >= 11 is 0. The van der Waals surface area contributed by atoms with E-state index in [1.54, 1.807) is 4.31 Å². The van der Waals surface area contributed by atoms with Gasteiger partial charge in [-0.15, -0.1) is 0 Å². The fraction of sp³-hybridized carbons (Fsp3) is 0.909. The van der Waals surface area contributed by atoms with E-state index in [0.29, 0.717) is 13.0 Å². The minimum absolute atomic E-state index is 0.0324. The van der Waals surface area contributed by atoms with E-state index in [1.165, 1.54) is 6.26 Å². The van der Waals surface area contributed by atoms with E-state index in [1.807, 2.05) is 0 Å². The molecule has 0 radical (unpaired) electrons. The fourth-order valence-corrected chi connectivity index (χ4v) is 4.20. The Balaban J connectivity index is 2.19. The van der Waals surface area contributed by atoms with Crippen LogP contribution in [0.5, 0.6) is 0 Å². The molecule has 1 saturated carbocycles. The maximum Gasteiger partial charge on any atom is 0.211 e.